The number of nitrogens with one attached hydrogen (secondary N) is 2. The number of rotatable bonds is 3. The first-order chi connectivity index (χ1) is 7.27. The van der Waals surface area contributed by atoms with Gasteiger partial charge in [0.1, 0.15) is 0 Å². The molecule has 1 aromatic heterocycles. The minimum Gasteiger partial charge on any atom is -0.317 e. The minimum atomic E-state index is 0. The fourth-order valence-corrected chi connectivity index (χ4v) is 2.18. The first-order valence-electron chi connectivity index (χ1n) is 5.67. The second-order valence-electron chi connectivity index (χ2n) is 4.42. The third kappa shape index (κ3) is 3.20. The van der Waals surface area contributed by atoms with Crippen LogP contribution in [0.2, 0.25) is 0 Å². The maximum atomic E-state index is 4.06. The zero-order valence-corrected chi connectivity index (χ0v) is 10.8. The molecule has 0 spiro atoms. The number of piperidine rings is 1. The summed E-state index contributed by atoms with van der Waals surface area (Å²) in [4.78, 5) is 2.44. The molecule has 0 aliphatic carbocycles. The predicted octanol–water partition coefficient (Wildman–Crippen LogP) is 1.32. The summed E-state index contributed by atoms with van der Waals surface area (Å²) in [7, 11) is 2.21. The average Bonchev–Trinajstić information content (AvgIpc) is 2.66. The molecule has 0 atom stereocenters. The third-order valence-electron chi connectivity index (χ3n) is 3.29. The maximum absolute atomic E-state index is 4.06. The van der Waals surface area contributed by atoms with Crippen LogP contribution < -0.4 is 5.32 Å². The van der Waals surface area contributed by atoms with Gasteiger partial charge in [-0.2, -0.15) is 5.10 Å². The highest BCUT2D eigenvalue weighted by atomic mass is 35.5. The monoisotopic (exact) mass is 244 g/mol. The predicted molar refractivity (Wildman–Crippen MR) is 67.9 cm³/mol. The number of halogens is 1. The molecule has 1 aliphatic rings. The van der Waals surface area contributed by atoms with Gasteiger partial charge in [0.05, 0.1) is 6.20 Å². The van der Waals surface area contributed by atoms with E-state index < -0.39 is 0 Å². The van der Waals surface area contributed by atoms with E-state index in [0.717, 1.165) is 25.7 Å². The van der Waals surface area contributed by atoms with Crippen LogP contribution in [0.5, 0.6) is 0 Å². The van der Waals surface area contributed by atoms with Gasteiger partial charge in [-0.15, -0.1) is 12.4 Å². The molecular formula is C11H21ClN4. The van der Waals surface area contributed by atoms with Crippen molar-refractivity contribution in [3.05, 3.63) is 17.5 Å². The Kier molecular flexibility index (Phi) is 5.25. The van der Waals surface area contributed by atoms with Gasteiger partial charge in [0.2, 0.25) is 0 Å². The molecular weight excluding hydrogens is 224 g/mol. The quantitative estimate of drug-likeness (QED) is 0.843. The molecule has 1 aromatic rings. The van der Waals surface area contributed by atoms with E-state index in [1.165, 1.54) is 24.1 Å². The Hall–Kier alpha value is -0.580. The van der Waals surface area contributed by atoms with E-state index in [1.54, 1.807) is 0 Å². The first kappa shape index (κ1) is 13.5. The van der Waals surface area contributed by atoms with Crippen LogP contribution in [0.4, 0.5) is 0 Å². The van der Waals surface area contributed by atoms with Crippen molar-refractivity contribution < 1.29 is 0 Å². The number of aryl methyl sites for hydroxylation is 1. The molecule has 2 N–H and O–H groups in total. The third-order valence-corrected chi connectivity index (χ3v) is 3.29. The highest BCUT2D eigenvalue weighted by molar-refractivity contribution is 5.85. The molecule has 2 rings (SSSR count). The van der Waals surface area contributed by atoms with Gasteiger partial charge in [0.15, 0.2) is 0 Å². The van der Waals surface area contributed by atoms with E-state index in [9.17, 15) is 0 Å². The lowest BCUT2D eigenvalue weighted by Crippen LogP contribution is -2.40. The van der Waals surface area contributed by atoms with Crippen LogP contribution in [-0.4, -0.2) is 41.3 Å². The smallest absolute Gasteiger partial charge is 0.0535 e. The average molecular weight is 245 g/mol. The lowest BCUT2D eigenvalue weighted by atomic mass is 10.0. The summed E-state index contributed by atoms with van der Waals surface area (Å²) < 4.78 is 0. The van der Waals surface area contributed by atoms with Gasteiger partial charge < -0.3 is 5.32 Å². The Bertz CT molecular complexity index is 307. The fraction of sp³-hybridized carbons (Fsp3) is 0.727. The van der Waals surface area contributed by atoms with Crippen LogP contribution in [0, 0.1) is 6.92 Å². The topological polar surface area (TPSA) is 44.0 Å². The Labute approximate surface area is 103 Å². The summed E-state index contributed by atoms with van der Waals surface area (Å²) in [5.74, 6) is 0. The Morgan fingerprint density at radius 2 is 2.12 bits per heavy atom. The highest BCUT2D eigenvalue weighted by Gasteiger charge is 2.18. The first-order valence-corrected chi connectivity index (χ1v) is 5.67. The Morgan fingerprint density at radius 3 is 2.69 bits per heavy atom. The summed E-state index contributed by atoms with van der Waals surface area (Å²) in [6.45, 7) is 5.39. The molecule has 0 bridgehead atoms. The summed E-state index contributed by atoms with van der Waals surface area (Å²) in [5.41, 5.74) is 2.51. The van der Waals surface area contributed by atoms with E-state index in [-0.39, 0.29) is 12.4 Å². The molecule has 1 fully saturated rings. The molecule has 16 heavy (non-hydrogen) atoms. The summed E-state index contributed by atoms with van der Waals surface area (Å²) in [6, 6.07) is 0.723. The van der Waals surface area contributed by atoms with Crippen LogP contribution in [0.3, 0.4) is 0 Å². The van der Waals surface area contributed by atoms with Gasteiger partial charge >= 0.3 is 0 Å². The number of hydrogen-bond donors (Lipinski definition) is 2. The molecule has 0 aromatic carbocycles. The van der Waals surface area contributed by atoms with Gasteiger partial charge in [-0.3, -0.25) is 10.00 Å². The number of hydrogen-bond acceptors (Lipinski definition) is 3. The van der Waals surface area contributed by atoms with Crippen molar-refractivity contribution in [3.63, 3.8) is 0 Å². The number of aromatic nitrogens is 2. The normalized spacial score (nSPS) is 17.4. The lowest BCUT2D eigenvalue weighted by molar-refractivity contribution is 0.191. The van der Waals surface area contributed by atoms with Crippen LogP contribution in [0.15, 0.2) is 6.20 Å². The van der Waals surface area contributed by atoms with Gasteiger partial charge in [0.25, 0.3) is 0 Å². The van der Waals surface area contributed by atoms with Crippen molar-refractivity contribution in [2.75, 3.05) is 20.1 Å². The zero-order chi connectivity index (χ0) is 10.7. The van der Waals surface area contributed by atoms with Crippen LogP contribution in [0.1, 0.15) is 24.1 Å². The van der Waals surface area contributed by atoms with Crippen molar-refractivity contribution in [2.45, 2.75) is 32.4 Å². The van der Waals surface area contributed by atoms with E-state index in [4.69, 9.17) is 0 Å². The summed E-state index contributed by atoms with van der Waals surface area (Å²) in [5, 5.41) is 10.4. The van der Waals surface area contributed by atoms with Crippen molar-refractivity contribution in [3.8, 4) is 0 Å². The SMILES string of the molecule is Cc1[nH]ncc1CN(C)C1CCNCC1.Cl. The number of aromatic amines is 1. The van der Waals surface area contributed by atoms with Crippen molar-refractivity contribution in [2.24, 2.45) is 0 Å². The van der Waals surface area contributed by atoms with Crippen molar-refractivity contribution in [1.29, 1.82) is 0 Å². The molecule has 0 saturated carbocycles. The zero-order valence-electron chi connectivity index (χ0n) is 9.99. The molecule has 5 heteroatoms. The van der Waals surface area contributed by atoms with E-state index in [1.807, 2.05) is 6.20 Å². The molecule has 1 saturated heterocycles. The number of H-pyrrole nitrogens is 1. The Balaban J connectivity index is 0.00000128. The van der Waals surface area contributed by atoms with Crippen molar-refractivity contribution >= 4 is 12.4 Å². The summed E-state index contributed by atoms with van der Waals surface area (Å²) >= 11 is 0. The van der Waals surface area contributed by atoms with E-state index in [0.29, 0.717) is 0 Å². The lowest BCUT2D eigenvalue weighted by Gasteiger charge is -2.31. The van der Waals surface area contributed by atoms with Crippen LogP contribution in [-0.2, 0) is 6.54 Å². The standard InChI is InChI=1S/C11H20N4.ClH/c1-9-10(7-13-14-9)8-15(2)11-3-5-12-6-4-11;/h7,11-12H,3-6,8H2,1-2H3,(H,13,14);1H. The van der Waals surface area contributed by atoms with Gasteiger partial charge in [-0.25, -0.2) is 0 Å². The van der Waals surface area contributed by atoms with Gasteiger partial charge in [-0.05, 0) is 39.9 Å². The van der Waals surface area contributed by atoms with Crippen LogP contribution >= 0.6 is 12.4 Å². The maximum Gasteiger partial charge on any atom is 0.0535 e. The van der Waals surface area contributed by atoms with E-state index in [2.05, 4.69) is 34.4 Å². The van der Waals surface area contributed by atoms with Crippen LogP contribution in [0.25, 0.3) is 0 Å². The second-order valence-corrected chi connectivity index (χ2v) is 4.42. The number of nitrogens with zero attached hydrogens (tertiary/aromatic N) is 2. The van der Waals surface area contributed by atoms with E-state index >= 15 is 0 Å². The molecule has 0 radical (unpaired) electrons. The molecule has 0 unspecified atom stereocenters. The molecule has 4 nitrogen and oxygen atoms in total. The fourth-order valence-electron chi connectivity index (χ4n) is 2.18. The molecule has 0 amide bonds. The molecule has 2 heterocycles. The van der Waals surface area contributed by atoms with Gasteiger partial charge in [-0.1, -0.05) is 0 Å². The van der Waals surface area contributed by atoms with Gasteiger partial charge in [0, 0.05) is 23.8 Å². The molecule has 92 valence electrons. The second kappa shape index (κ2) is 6.23. The largest absolute Gasteiger partial charge is 0.317 e. The molecule has 1 aliphatic heterocycles. The summed E-state index contributed by atoms with van der Waals surface area (Å²) in [6.07, 6.45) is 4.45. The Morgan fingerprint density at radius 1 is 1.44 bits per heavy atom. The minimum absolute atomic E-state index is 0. The highest BCUT2D eigenvalue weighted by Crippen LogP contribution is 2.14. The van der Waals surface area contributed by atoms with Crippen molar-refractivity contribution in [1.82, 2.24) is 20.4 Å².